The molecule has 0 aliphatic heterocycles. The monoisotopic (exact) mass is 188 g/mol. The van der Waals surface area contributed by atoms with Gasteiger partial charge in [-0.1, -0.05) is 30.3 Å². The van der Waals surface area contributed by atoms with Gasteiger partial charge in [0.2, 0.25) is 5.78 Å². The summed E-state index contributed by atoms with van der Waals surface area (Å²) in [5.74, 6) is -0.426. The average molecular weight is 188 g/mol. The molecule has 2 heteroatoms. The molecule has 0 radical (unpaired) electrons. The molecule has 0 saturated heterocycles. The first kappa shape index (κ1) is 9.13. The Morgan fingerprint density at radius 1 is 1.14 bits per heavy atom. The number of rotatable bonds is 2. The molecule has 1 atom stereocenters. The van der Waals surface area contributed by atoms with E-state index in [-0.39, 0.29) is 17.5 Å². The predicted molar refractivity (Wildman–Crippen MR) is 52.9 cm³/mol. The minimum Gasteiger partial charge on any atom is -0.291 e. The number of hydrogen-bond acceptors (Lipinski definition) is 2. The van der Waals surface area contributed by atoms with Crippen molar-refractivity contribution in [3.8, 4) is 0 Å². The number of hydrogen-bond donors (Lipinski definition) is 0. The Balaban J connectivity index is 2.06. The van der Waals surface area contributed by atoms with E-state index in [1.165, 1.54) is 0 Å². The van der Waals surface area contributed by atoms with Gasteiger partial charge in [0.05, 0.1) is 0 Å². The van der Waals surface area contributed by atoms with E-state index in [1.807, 2.05) is 30.3 Å². The first-order valence-corrected chi connectivity index (χ1v) is 4.88. The average Bonchev–Trinajstić information content (AvgIpc) is 2.52. The van der Waals surface area contributed by atoms with E-state index in [1.54, 1.807) is 0 Å². The van der Waals surface area contributed by atoms with E-state index in [0.717, 1.165) is 12.0 Å². The Hall–Kier alpha value is -1.44. The van der Waals surface area contributed by atoms with Crippen molar-refractivity contribution in [2.24, 2.45) is 5.92 Å². The maximum absolute atomic E-state index is 11.4. The maximum atomic E-state index is 11.4. The third-order valence-corrected chi connectivity index (χ3v) is 2.69. The lowest BCUT2D eigenvalue weighted by atomic mass is 9.97. The molecule has 14 heavy (non-hydrogen) atoms. The summed E-state index contributed by atoms with van der Waals surface area (Å²) >= 11 is 0. The van der Waals surface area contributed by atoms with E-state index in [9.17, 15) is 9.59 Å². The second kappa shape index (κ2) is 3.74. The molecule has 1 aromatic carbocycles. The Morgan fingerprint density at radius 3 is 2.43 bits per heavy atom. The molecule has 0 spiro atoms. The highest BCUT2D eigenvalue weighted by Gasteiger charge is 2.31. The highest BCUT2D eigenvalue weighted by atomic mass is 16.2. The molecule has 1 saturated carbocycles. The molecule has 0 bridgehead atoms. The lowest BCUT2D eigenvalue weighted by Crippen LogP contribution is -2.15. The summed E-state index contributed by atoms with van der Waals surface area (Å²) in [7, 11) is 0. The standard InChI is InChI=1S/C12H12O2/c13-11-7-6-10(12(11)14)8-9-4-2-1-3-5-9/h1-5,10H,6-8H2. The molecule has 1 aromatic rings. The van der Waals surface area contributed by atoms with Crippen LogP contribution >= 0.6 is 0 Å². The van der Waals surface area contributed by atoms with Gasteiger partial charge in [0.25, 0.3) is 0 Å². The van der Waals surface area contributed by atoms with Crippen molar-refractivity contribution in [1.82, 2.24) is 0 Å². The van der Waals surface area contributed by atoms with E-state index in [0.29, 0.717) is 12.8 Å². The van der Waals surface area contributed by atoms with Crippen LogP contribution in [0.1, 0.15) is 18.4 Å². The minimum absolute atomic E-state index is 0.0649. The van der Waals surface area contributed by atoms with Gasteiger partial charge in [0, 0.05) is 12.3 Å². The van der Waals surface area contributed by atoms with Crippen LogP contribution in [-0.4, -0.2) is 11.6 Å². The van der Waals surface area contributed by atoms with Crippen molar-refractivity contribution in [1.29, 1.82) is 0 Å². The third-order valence-electron chi connectivity index (χ3n) is 2.69. The van der Waals surface area contributed by atoms with Gasteiger partial charge in [-0.2, -0.15) is 0 Å². The van der Waals surface area contributed by atoms with Crippen LogP contribution in [0.3, 0.4) is 0 Å². The van der Waals surface area contributed by atoms with E-state index in [4.69, 9.17) is 0 Å². The summed E-state index contributed by atoms with van der Waals surface area (Å²) in [6.07, 6.45) is 1.88. The largest absolute Gasteiger partial charge is 0.291 e. The fourth-order valence-corrected chi connectivity index (χ4v) is 1.88. The SMILES string of the molecule is O=C1CCC(Cc2ccccc2)C1=O. The van der Waals surface area contributed by atoms with Gasteiger partial charge < -0.3 is 0 Å². The molecule has 1 unspecified atom stereocenters. The number of carbonyl (C=O) groups is 2. The van der Waals surface area contributed by atoms with Crippen LogP contribution in [0.5, 0.6) is 0 Å². The quantitative estimate of drug-likeness (QED) is 0.663. The molecule has 1 aliphatic carbocycles. The normalized spacial score (nSPS) is 21.6. The fraction of sp³-hybridized carbons (Fsp3) is 0.333. The number of carbonyl (C=O) groups excluding carboxylic acids is 2. The maximum Gasteiger partial charge on any atom is 0.201 e. The summed E-state index contributed by atoms with van der Waals surface area (Å²) in [5.41, 5.74) is 1.14. The molecule has 0 amide bonds. The van der Waals surface area contributed by atoms with Gasteiger partial charge in [0.15, 0.2) is 5.78 Å². The van der Waals surface area contributed by atoms with Crippen molar-refractivity contribution in [2.45, 2.75) is 19.3 Å². The van der Waals surface area contributed by atoms with Crippen molar-refractivity contribution in [2.75, 3.05) is 0 Å². The summed E-state index contributed by atoms with van der Waals surface area (Å²) < 4.78 is 0. The predicted octanol–water partition coefficient (Wildman–Crippen LogP) is 1.78. The second-order valence-corrected chi connectivity index (χ2v) is 3.71. The molecule has 1 aliphatic rings. The topological polar surface area (TPSA) is 34.1 Å². The van der Waals surface area contributed by atoms with E-state index >= 15 is 0 Å². The fourth-order valence-electron chi connectivity index (χ4n) is 1.88. The molecule has 1 fully saturated rings. The molecule has 2 nitrogen and oxygen atoms in total. The van der Waals surface area contributed by atoms with Gasteiger partial charge >= 0.3 is 0 Å². The van der Waals surface area contributed by atoms with E-state index in [2.05, 4.69) is 0 Å². The lowest BCUT2D eigenvalue weighted by Gasteiger charge is -2.05. The zero-order valence-electron chi connectivity index (χ0n) is 7.90. The van der Waals surface area contributed by atoms with Gasteiger partial charge in [-0.3, -0.25) is 9.59 Å². The molecular formula is C12H12O2. The summed E-state index contributed by atoms with van der Waals surface area (Å²) in [6.45, 7) is 0. The summed E-state index contributed by atoms with van der Waals surface area (Å²) in [4.78, 5) is 22.4. The van der Waals surface area contributed by atoms with Gasteiger partial charge in [0.1, 0.15) is 0 Å². The van der Waals surface area contributed by atoms with Crippen LogP contribution in [0.4, 0.5) is 0 Å². The van der Waals surface area contributed by atoms with Crippen LogP contribution in [0.15, 0.2) is 30.3 Å². The minimum atomic E-state index is -0.189. The van der Waals surface area contributed by atoms with Gasteiger partial charge in [-0.15, -0.1) is 0 Å². The first-order chi connectivity index (χ1) is 6.77. The van der Waals surface area contributed by atoms with Crippen molar-refractivity contribution in [3.05, 3.63) is 35.9 Å². The zero-order valence-corrected chi connectivity index (χ0v) is 7.90. The highest BCUT2D eigenvalue weighted by molar-refractivity contribution is 6.39. The molecular weight excluding hydrogens is 176 g/mol. The molecule has 2 rings (SSSR count). The summed E-state index contributed by atoms with van der Waals surface area (Å²) in [6, 6.07) is 9.85. The van der Waals surface area contributed by atoms with Crippen LogP contribution in [0.25, 0.3) is 0 Å². The smallest absolute Gasteiger partial charge is 0.201 e. The Bertz CT molecular complexity index is 354. The molecule has 72 valence electrons. The Morgan fingerprint density at radius 2 is 1.86 bits per heavy atom. The van der Waals surface area contributed by atoms with E-state index < -0.39 is 0 Å². The van der Waals surface area contributed by atoms with Crippen LogP contribution in [0.2, 0.25) is 0 Å². The van der Waals surface area contributed by atoms with Gasteiger partial charge in [-0.05, 0) is 18.4 Å². The number of benzene rings is 1. The summed E-state index contributed by atoms with van der Waals surface area (Å²) in [5, 5.41) is 0. The zero-order chi connectivity index (χ0) is 9.97. The first-order valence-electron chi connectivity index (χ1n) is 4.88. The molecule has 0 N–H and O–H groups in total. The Labute approximate surface area is 82.9 Å². The molecule has 0 heterocycles. The molecule has 0 aromatic heterocycles. The Kier molecular flexibility index (Phi) is 2.44. The lowest BCUT2D eigenvalue weighted by molar-refractivity contribution is -0.135. The van der Waals surface area contributed by atoms with Crippen molar-refractivity contribution >= 4 is 11.6 Å². The third kappa shape index (κ3) is 1.74. The second-order valence-electron chi connectivity index (χ2n) is 3.71. The van der Waals surface area contributed by atoms with Gasteiger partial charge in [-0.25, -0.2) is 0 Å². The highest BCUT2D eigenvalue weighted by Crippen LogP contribution is 2.22. The van der Waals surface area contributed by atoms with Crippen LogP contribution < -0.4 is 0 Å². The van der Waals surface area contributed by atoms with Crippen molar-refractivity contribution in [3.63, 3.8) is 0 Å². The number of Topliss-reactive ketones (excluding diaryl/α,β-unsaturated/α-hetero) is 2. The van der Waals surface area contributed by atoms with Crippen molar-refractivity contribution < 1.29 is 9.59 Å². The van der Waals surface area contributed by atoms with Crippen LogP contribution in [-0.2, 0) is 16.0 Å². The number of ketones is 2. The van der Waals surface area contributed by atoms with Crippen LogP contribution in [0, 0.1) is 5.92 Å².